The SMILES string of the molecule is O=C(O)c1cc(Br)ccc1Br.O=C=O. The second kappa shape index (κ2) is 6.48. The number of rotatable bonds is 1. The van der Waals surface area contributed by atoms with E-state index in [-0.39, 0.29) is 11.7 Å². The number of hydrogen-bond acceptors (Lipinski definition) is 3. The van der Waals surface area contributed by atoms with Crippen LogP contribution in [0.1, 0.15) is 10.4 Å². The summed E-state index contributed by atoms with van der Waals surface area (Å²) in [4.78, 5) is 26.8. The number of hydrogen-bond donors (Lipinski definition) is 1. The van der Waals surface area contributed by atoms with E-state index in [1.54, 1.807) is 18.2 Å². The van der Waals surface area contributed by atoms with Crippen molar-refractivity contribution in [3.8, 4) is 0 Å². The summed E-state index contributed by atoms with van der Waals surface area (Å²) in [6, 6.07) is 5.01. The minimum absolute atomic E-state index is 0.250. The van der Waals surface area contributed by atoms with Crippen molar-refractivity contribution in [2.24, 2.45) is 0 Å². The molecule has 1 rings (SSSR count). The summed E-state index contributed by atoms with van der Waals surface area (Å²) >= 11 is 6.31. The Kier molecular flexibility index (Phi) is 6.03. The first-order valence-electron chi connectivity index (χ1n) is 3.20. The van der Waals surface area contributed by atoms with Crippen molar-refractivity contribution in [2.45, 2.75) is 0 Å². The van der Waals surface area contributed by atoms with Gasteiger partial charge in [0.2, 0.25) is 0 Å². The largest absolute Gasteiger partial charge is 0.478 e. The minimum atomic E-state index is -0.932. The molecule has 0 aliphatic carbocycles. The number of carboxylic acids is 1. The van der Waals surface area contributed by atoms with Gasteiger partial charge in [0.05, 0.1) is 5.56 Å². The highest BCUT2D eigenvalue weighted by Crippen LogP contribution is 2.21. The van der Waals surface area contributed by atoms with Crippen molar-refractivity contribution in [1.29, 1.82) is 0 Å². The second-order valence-corrected chi connectivity index (χ2v) is 3.78. The molecule has 0 bridgehead atoms. The van der Waals surface area contributed by atoms with Gasteiger partial charge in [-0.2, -0.15) is 9.59 Å². The Morgan fingerprint density at radius 1 is 1.29 bits per heavy atom. The van der Waals surface area contributed by atoms with Gasteiger partial charge in [-0.05, 0) is 34.1 Å². The number of carbonyl (C=O) groups is 1. The normalized spacial score (nSPS) is 8.14. The van der Waals surface area contributed by atoms with Gasteiger partial charge in [-0.15, -0.1) is 0 Å². The monoisotopic (exact) mass is 322 g/mol. The lowest BCUT2D eigenvalue weighted by molar-refractivity contribution is -0.191. The van der Waals surface area contributed by atoms with Crippen molar-refractivity contribution >= 4 is 44.0 Å². The molecule has 0 saturated carbocycles. The summed E-state index contributed by atoms with van der Waals surface area (Å²) in [6.45, 7) is 0. The highest BCUT2D eigenvalue weighted by Gasteiger charge is 2.07. The highest BCUT2D eigenvalue weighted by atomic mass is 79.9. The third kappa shape index (κ3) is 4.32. The Balaban J connectivity index is 0.000000500. The molecule has 74 valence electrons. The molecule has 4 nitrogen and oxygen atoms in total. The number of halogens is 2. The Labute approximate surface area is 96.2 Å². The van der Waals surface area contributed by atoms with Gasteiger partial charge < -0.3 is 5.11 Å². The number of carboxylic acid groups (broad SMARTS) is 1. The van der Waals surface area contributed by atoms with Gasteiger partial charge in [0.25, 0.3) is 0 Å². The van der Waals surface area contributed by atoms with Crippen molar-refractivity contribution in [2.75, 3.05) is 0 Å². The van der Waals surface area contributed by atoms with Crippen LogP contribution in [0.3, 0.4) is 0 Å². The fraction of sp³-hybridized carbons (Fsp3) is 0. The van der Waals surface area contributed by atoms with E-state index in [1.165, 1.54) is 0 Å². The first kappa shape index (κ1) is 13.0. The maximum Gasteiger partial charge on any atom is 0.373 e. The molecule has 1 aromatic carbocycles. The third-order valence-corrected chi connectivity index (χ3v) is 2.34. The molecule has 0 unspecified atom stereocenters. The molecule has 0 spiro atoms. The van der Waals surface area contributed by atoms with Gasteiger partial charge in [0.1, 0.15) is 0 Å². The highest BCUT2D eigenvalue weighted by molar-refractivity contribution is 9.11. The Bertz CT molecular complexity index is 370. The molecule has 0 amide bonds. The molecule has 0 radical (unpaired) electrons. The smallest absolute Gasteiger partial charge is 0.373 e. The lowest BCUT2D eigenvalue weighted by Gasteiger charge is -1.97. The van der Waals surface area contributed by atoms with E-state index in [9.17, 15) is 4.79 Å². The molecule has 1 N–H and O–H groups in total. The molecular weight excluding hydrogens is 320 g/mol. The summed E-state index contributed by atoms with van der Waals surface area (Å²) in [5.74, 6) is -0.932. The van der Waals surface area contributed by atoms with Crippen LogP contribution in [0.2, 0.25) is 0 Å². The minimum Gasteiger partial charge on any atom is -0.478 e. The van der Waals surface area contributed by atoms with E-state index < -0.39 is 5.97 Å². The molecule has 14 heavy (non-hydrogen) atoms. The quantitative estimate of drug-likeness (QED) is 0.861. The average Bonchev–Trinajstić information content (AvgIpc) is 2.10. The first-order valence-corrected chi connectivity index (χ1v) is 4.79. The van der Waals surface area contributed by atoms with Crippen molar-refractivity contribution in [1.82, 2.24) is 0 Å². The molecule has 0 heterocycles. The molecule has 6 heteroatoms. The molecule has 0 atom stereocenters. The van der Waals surface area contributed by atoms with Crippen molar-refractivity contribution in [3.05, 3.63) is 32.7 Å². The fourth-order valence-corrected chi connectivity index (χ4v) is 1.44. The van der Waals surface area contributed by atoms with Gasteiger partial charge in [-0.25, -0.2) is 4.79 Å². The maximum atomic E-state index is 10.5. The maximum absolute atomic E-state index is 10.5. The molecule has 0 fully saturated rings. The van der Waals surface area contributed by atoms with Crippen LogP contribution in [0, 0.1) is 0 Å². The third-order valence-electron chi connectivity index (χ3n) is 1.16. The Morgan fingerprint density at radius 2 is 1.79 bits per heavy atom. The number of aromatic carboxylic acids is 1. The topological polar surface area (TPSA) is 71.4 Å². The van der Waals surface area contributed by atoms with E-state index in [4.69, 9.17) is 14.7 Å². The zero-order valence-electron chi connectivity index (χ0n) is 6.66. The molecule has 0 aliphatic heterocycles. The van der Waals surface area contributed by atoms with Crippen LogP contribution in [0.25, 0.3) is 0 Å². The summed E-state index contributed by atoms with van der Waals surface area (Å²) in [7, 11) is 0. The van der Waals surface area contributed by atoms with E-state index in [0.29, 0.717) is 4.47 Å². The van der Waals surface area contributed by atoms with Crippen LogP contribution in [-0.2, 0) is 9.59 Å². The number of benzene rings is 1. The molecular formula is C8H4Br2O4. The lowest BCUT2D eigenvalue weighted by Crippen LogP contribution is -1.96. The first-order chi connectivity index (χ1) is 6.52. The van der Waals surface area contributed by atoms with Gasteiger partial charge in [-0.3, -0.25) is 0 Å². The van der Waals surface area contributed by atoms with Crippen LogP contribution in [-0.4, -0.2) is 17.2 Å². The Morgan fingerprint density at radius 3 is 2.14 bits per heavy atom. The zero-order chi connectivity index (χ0) is 11.1. The van der Waals surface area contributed by atoms with Crippen LogP contribution in [0.5, 0.6) is 0 Å². The standard InChI is InChI=1S/C7H4Br2O2.CO2/c8-4-1-2-6(9)5(3-4)7(10)11;2-1-3/h1-3H,(H,10,11);. The molecule has 1 aromatic rings. The fourth-order valence-electron chi connectivity index (χ4n) is 0.661. The molecule has 0 saturated heterocycles. The summed E-state index contributed by atoms with van der Waals surface area (Å²) in [6.07, 6.45) is 0.250. The summed E-state index contributed by atoms with van der Waals surface area (Å²) in [5, 5.41) is 8.64. The predicted octanol–water partition coefficient (Wildman–Crippen LogP) is 2.33. The van der Waals surface area contributed by atoms with E-state index in [0.717, 1.165) is 4.47 Å². The van der Waals surface area contributed by atoms with E-state index >= 15 is 0 Å². The van der Waals surface area contributed by atoms with Gasteiger partial charge in [0, 0.05) is 8.95 Å². The van der Waals surface area contributed by atoms with Crippen LogP contribution in [0.4, 0.5) is 0 Å². The second-order valence-electron chi connectivity index (χ2n) is 2.01. The van der Waals surface area contributed by atoms with Crippen LogP contribution in [0.15, 0.2) is 27.1 Å². The average molecular weight is 324 g/mol. The summed E-state index contributed by atoms with van der Waals surface area (Å²) < 4.78 is 1.35. The van der Waals surface area contributed by atoms with Crippen molar-refractivity contribution in [3.63, 3.8) is 0 Å². The van der Waals surface area contributed by atoms with E-state index in [1.807, 2.05) is 0 Å². The van der Waals surface area contributed by atoms with Crippen molar-refractivity contribution < 1.29 is 19.5 Å². The molecule has 0 aromatic heterocycles. The molecule has 0 aliphatic rings. The van der Waals surface area contributed by atoms with Gasteiger partial charge in [-0.1, -0.05) is 15.9 Å². The zero-order valence-corrected chi connectivity index (χ0v) is 9.83. The van der Waals surface area contributed by atoms with Crippen LogP contribution < -0.4 is 0 Å². The van der Waals surface area contributed by atoms with Gasteiger partial charge in [0.15, 0.2) is 0 Å². The summed E-state index contributed by atoms with van der Waals surface area (Å²) in [5.41, 5.74) is 0.263. The predicted molar refractivity (Wildman–Crippen MR) is 53.8 cm³/mol. The Hall–Kier alpha value is -0.970. The lowest BCUT2D eigenvalue weighted by atomic mass is 10.2. The van der Waals surface area contributed by atoms with Crippen LogP contribution >= 0.6 is 31.9 Å². The number of carbonyl (C=O) groups excluding carboxylic acids is 2. The van der Waals surface area contributed by atoms with E-state index in [2.05, 4.69) is 31.9 Å². The van der Waals surface area contributed by atoms with Gasteiger partial charge >= 0.3 is 12.1 Å².